The summed E-state index contributed by atoms with van der Waals surface area (Å²) in [6.07, 6.45) is 0.818. The van der Waals surface area contributed by atoms with Gasteiger partial charge in [-0.25, -0.2) is 0 Å². The van der Waals surface area contributed by atoms with E-state index < -0.39 is 0 Å². The molecule has 0 radical (unpaired) electrons. The molecule has 1 unspecified atom stereocenters. The Bertz CT molecular complexity index is 2710. The van der Waals surface area contributed by atoms with Crippen LogP contribution in [-0.4, -0.2) is 0 Å². The minimum Gasteiger partial charge on any atom is -0.456 e. The molecule has 54 heavy (non-hydrogen) atoms. The van der Waals surface area contributed by atoms with Crippen LogP contribution in [0.1, 0.15) is 67.1 Å². The summed E-state index contributed by atoms with van der Waals surface area (Å²) in [5, 5.41) is 1.20. The largest absolute Gasteiger partial charge is 0.456 e. The SMILES string of the molecule is CC1(C)c2ccccc2-c2ccc(N(c3ccc4c(c3)C(C)(C)c3ccccc3-4)C3Cc4c(oc5ccc(-c6ccccc6)cc45)-c4ccccc43)cc21. The van der Waals surface area contributed by atoms with E-state index in [1.165, 1.54) is 89.1 Å². The summed E-state index contributed by atoms with van der Waals surface area (Å²) in [6, 6.07) is 58.7. The minimum absolute atomic E-state index is 0.0322. The molecule has 3 aliphatic carbocycles. The van der Waals surface area contributed by atoms with Gasteiger partial charge in [0, 0.05) is 45.1 Å². The Hall–Kier alpha value is -6.12. The maximum Gasteiger partial charge on any atom is 0.139 e. The van der Waals surface area contributed by atoms with E-state index in [2.05, 4.69) is 190 Å². The van der Waals surface area contributed by atoms with Crippen molar-refractivity contribution in [2.24, 2.45) is 0 Å². The highest BCUT2D eigenvalue weighted by Crippen LogP contribution is 2.55. The van der Waals surface area contributed by atoms with Crippen LogP contribution in [0, 0.1) is 0 Å². The molecule has 1 aromatic heterocycles. The van der Waals surface area contributed by atoms with E-state index in [0.29, 0.717) is 0 Å². The van der Waals surface area contributed by atoms with E-state index in [1.54, 1.807) is 0 Å². The molecule has 8 aromatic rings. The molecule has 11 rings (SSSR count). The highest BCUT2D eigenvalue weighted by atomic mass is 16.3. The van der Waals surface area contributed by atoms with Crippen LogP contribution in [0.5, 0.6) is 0 Å². The number of benzene rings is 7. The average molecular weight is 696 g/mol. The van der Waals surface area contributed by atoms with Gasteiger partial charge in [-0.05, 0) is 97.6 Å². The fraction of sp³-hybridized carbons (Fsp3) is 0.154. The van der Waals surface area contributed by atoms with Gasteiger partial charge in [-0.1, -0.05) is 149 Å². The van der Waals surface area contributed by atoms with Crippen LogP contribution < -0.4 is 4.90 Å². The number of hydrogen-bond acceptors (Lipinski definition) is 2. The van der Waals surface area contributed by atoms with Crippen LogP contribution in [0.25, 0.3) is 55.7 Å². The molecule has 0 bridgehead atoms. The van der Waals surface area contributed by atoms with Crippen molar-refractivity contribution >= 4 is 22.3 Å². The van der Waals surface area contributed by atoms with Gasteiger partial charge in [-0.15, -0.1) is 0 Å². The summed E-state index contributed by atoms with van der Waals surface area (Å²) < 4.78 is 6.78. The maximum absolute atomic E-state index is 6.78. The molecule has 0 N–H and O–H groups in total. The lowest BCUT2D eigenvalue weighted by atomic mass is 9.81. The second kappa shape index (κ2) is 11.2. The first-order chi connectivity index (χ1) is 26.3. The number of furan rings is 1. The summed E-state index contributed by atoms with van der Waals surface area (Å²) in [5.74, 6) is 0.998. The predicted molar refractivity (Wildman–Crippen MR) is 224 cm³/mol. The zero-order valence-corrected chi connectivity index (χ0v) is 31.2. The zero-order chi connectivity index (χ0) is 36.3. The summed E-state index contributed by atoms with van der Waals surface area (Å²) in [7, 11) is 0. The molecular formula is C52H41NO. The van der Waals surface area contributed by atoms with Gasteiger partial charge in [0.05, 0.1) is 6.04 Å². The van der Waals surface area contributed by atoms with Gasteiger partial charge in [0.1, 0.15) is 11.3 Å². The van der Waals surface area contributed by atoms with Crippen LogP contribution in [0.4, 0.5) is 11.4 Å². The third-order valence-corrected chi connectivity index (χ3v) is 12.9. The lowest BCUT2D eigenvalue weighted by molar-refractivity contribution is 0.602. The monoisotopic (exact) mass is 695 g/mol. The molecule has 0 fully saturated rings. The molecule has 0 amide bonds. The molecule has 2 heteroatoms. The van der Waals surface area contributed by atoms with Gasteiger partial charge in [-0.2, -0.15) is 0 Å². The molecule has 1 heterocycles. The van der Waals surface area contributed by atoms with Gasteiger partial charge in [0.25, 0.3) is 0 Å². The minimum atomic E-state index is -0.110. The predicted octanol–water partition coefficient (Wildman–Crippen LogP) is 13.8. The first kappa shape index (κ1) is 31.4. The van der Waals surface area contributed by atoms with Crippen LogP contribution in [-0.2, 0) is 17.3 Å². The van der Waals surface area contributed by atoms with Gasteiger partial charge in [0.15, 0.2) is 0 Å². The fourth-order valence-corrected chi connectivity index (χ4v) is 10.1. The van der Waals surface area contributed by atoms with Gasteiger partial charge in [-0.3, -0.25) is 0 Å². The zero-order valence-electron chi connectivity index (χ0n) is 31.2. The summed E-state index contributed by atoms with van der Waals surface area (Å²) >= 11 is 0. The van der Waals surface area contributed by atoms with Crippen molar-refractivity contribution in [2.45, 2.75) is 51.0 Å². The number of fused-ring (bicyclic) bond motifs is 11. The number of rotatable bonds is 4. The van der Waals surface area contributed by atoms with Gasteiger partial charge >= 0.3 is 0 Å². The van der Waals surface area contributed by atoms with Gasteiger partial charge < -0.3 is 9.32 Å². The Balaban J connectivity index is 1.13. The average Bonchev–Trinajstić information content (AvgIpc) is 3.78. The summed E-state index contributed by atoms with van der Waals surface area (Å²) in [4.78, 5) is 2.64. The van der Waals surface area contributed by atoms with E-state index >= 15 is 0 Å². The van der Waals surface area contributed by atoms with Crippen LogP contribution in [0.3, 0.4) is 0 Å². The van der Waals surface area contributed by atoms with Crippen LogP contribution in [0.15, 0.2) is 162 Å². The van der Waals surface area contributed by atoms with Crippen molar-refractivity contribution in [1.82, 2.24) is 0 Å². The number of hydrogen-bond donors (Lipinski definition) is 0. The molecule has 0 saturated heterocycles. The van der Waals surface area contributed by atoms with Crippen molar-refractivity contribution in [3.8, 4) is 44.7 Å². The first-order valence-corrected chi connectivity index (χ1v) is 19.3. The third-order valence-electron chi connectivity index (χ3n) is 12.9. The number of anilines is 2. The molecule has 2 nitrogen and oxygen atoms in total. The molecule has 3 aliphatic rings. The lowest BCUT2D eigenvalue weighted by Gasteiger charge is -2.38. The highest BCUT2D eigenvalue weighted by molar-refractivity contribution is 5.94. The van der Waals surface area contributed by atoms with E-state index in [0.717, 1.165) is 17.8 Å². The molecule has 7 aromatic carbocycles. The lowest BCUT2D eigenvalue weighted by Crippen LogP contribution is -2.29. The summed E-state index contributed by atoms with van der Waals surface area (Å²) in [5.41, 5.74) is 20.2. The second-order valence-electron chi connectivity index (χ2n) is 16.5. The number of nitrogens with zero attached hydrogens (tertiary/aromatic N) is 1. The Labute approximate surface area is 317 Å². The Morgan fingerprint density at radius 2 is 1.02 bits per heavy atom. The fourth-order valence-electron chi connectivity index (χ4n) is 10.1. The van der Waals surface area contributed by atoms with E-state index in [-0.39, 0.29) is 16.9 Å². The second-order valence-corrected chi connectivity index (χ2v) is 16.5. The Morgan fingerprint density at radius 1 is 0.481 bits per heavy atom. The Kier molecular flexibility index (Phi) is 6.51. The maximum atomic E-state index is 6.78. The smallest absolute Gasteiger partial charge is 0.139 e. The third kappa shape index (κ3) is 4.34. The normalized spacial score (nSPS) is 16.6. The highest BCUT2D eigenvalue weighted by Gasteiger charge is 2.40. The standard InChI is InChI=1S/C52H41NO/c1-51(2)44-20-12-10-16-36(44)38-25-23-34(29-46(38)51)53(35-24-26-39-37-17-11-13-21-45(37)52(3,4)47(39)30-35)48-31-43-42-28-33(32-14-6-5-7-15-32)22-27-49(42)54-50(43)41-19-9-8-18-40(41)48/h5-30,48H,31H2,1-4H3. The van der Waals surface area contributed by atoms with Crippen molar-refractivity contribution in [3.05, 3.63) is 191 Å². The quantitative estimate of drug-likeness (QED) is 0.182. The van der Waals surface area contributed by atoms with Crippen molar-refractivity contribution in [3.63, 3.8) is 0 Å². The Morgan fingerprint density at radius 3 is 1.65 bits per heavy atom. The van der Waals surface area contributed by atoms with Crippen LogP contribution in [0.2, 0.25) is 0 Å². The first-order valence-electron chi connectivity index (χ1n) is 19.3. The topological polar surface area (TPSA) is 16.4 Å². The van der Waals surface area contributed by atoms with Crippen molar-refractivity contribution in [2.75, 3.05) is 4.90 Å². The molecule has 1 atom stereocenters. The van der Waals surface area contributed by atoms with E-state index in [1.807, 2.05) is 0 Å². The molecule has 0 saturated carbocycles. The van der Waals surface area contributed by atoms with Gasteiger partial charge in [0.2, 0.25) is 0 Å². The van der Waals surface area contributed by atoms with E-state index in [9.17, 15) is 0 Å². The molecular weight excluding hydrogens is 655 g/mol. The molecule has 0 spiro atoms. The van der Waals surface area contributed by atoms with E-state index in [4.69, 9.17) is 4.42 Å². The summed E-state index contributed by atoms with van der Waals surface area (Å²) in [6.45, 7) is 9.52. The van der Waals surface area contributed by atoms with Crippen molar-refractivity contribution < 1.29 is 4.42 Å². The van der Waals surface area contributed by atoms with Crippen LogP contribution >= 0.6 is 0 Å². The van der Waals surface area contributed by atoms with Crippen molar-refractivity contribution in [1.29, 1.82) is 0 Å². The molecule has 0 aliphatic heterocycles. The molecule has 260 valence electrons.